The Bertz CT molecular complexity index is 564. The normalized spacial score (nSPS) is 13.0. The van der Waals surface area contributed by atoms with Crippen LogP contribution in [0.3, 0.4) is 0 Å². The minimum atomic E-state index is -1.08. The second kappa shape index (κ2) is 17.7. The minimum absolute atomic E-state index is 0.0156. The first-order chi connectivity index (χ1) is 15.1. The Balaban J connectivity index is 3.74. The molecule has 0 saturated heterocycles. The maximum atomic E-state index is 11.5. The summed E-state index contributed by atoms with van der Waals surface area (Å²) in [5.41, 5.74) is 0. The molecule has 3 unspecified atom stereocenters. The number of rotatable bonds is 14. The molecule has 0 saturated carbocycles. The summed E-state index contributed by atoms with van der Waals surface area (Å²) in [4.78, 5) is 45.2. The van der Waals surface area contributed by atoms with Gasteiger partial charge in [0.25, 0.3) is 0 Å². The van der Waals surface area contributed by atoms with Gasteiger partial charge in [0, 0.05) is 7.11 Å². The molecule has 0 aromatic rings. The first-order valence-corrected chi connectivity index (χ1v) is 9.56. The van der Waals surface area contributed by atoms with Gasteiger partial charge in [-0.25, -0.2) is 19.2 Å². The molecule has 1 N–H and O–H groups in total. The van der Waals surface area contributed by atoms with Crippen LogP contribution in [0.1, 0.15) is 20.8 Å². The number of carbonyl (C=O) groups is 4. The highest BCUT2D eigenvalue weighted by molar-refractivity contribution is 5.61. The van der Waals surface area contributed by atoms with Crippen molar-refractivity contribution in [3.63, 3.8) is 0 Å². The molecule has 32 heavy (non-hydrogen) atoms. The quantitative estimate of drug-likeness (QED) is 0.219. The summed E-state index contributed by atoms with van der Waals surface area (Å²) >= 11 is 0. The molecular formula is C18H30O14. The van der Waals surface area contributed by atoms with Crippen LogP contribution < -0.4 is 0 Å². The van der Waals surface area contributed by atoms with E-state index in [1.807, 2.05) is 0 Å². The van der Waals surface area contributed by atoms with Crippen molar-refractivity contribution in [3.8, 4) is 0 Å². The molecule has 14 nitrogen and oxygen atoms in total. The van der Waals surface area contributed by atoms with Crippen molar-refractivity contribution in [1.29, 1.82) is 0 Å². The van der Waals surface area contributed by atoms with E-state index in [4.69, 9.17) is 24.1 Å². The third kappa shape index (κ3) is 17.8. The summed E-state index contributed by atoms with van der Waals surface area (Å²) in [7, 11) is 1.46. The van der Waals surface area contributed by atoms with Gasteiger partial charge in [0.1, 0.15) is 52.4 Å². The average molecular weight is 470 g/mol. The van der Waals surface area contributed by atoms with Crippen LogP contribution in [0.25, 0.3) is 0 Å². The van der Waals surface area contributed by atoms with E-state index in [9.17, 15) is 19.2 Å². The molecule has 0 aliphatic carbocycles. The van der Waals surface area contributed by atoms with Gasteiger partial charge >= 0.3 is 24.6 Å². The molecule has 0 aromatic heterocycles. The molecule has 3 atom stereocenters. The van der Waals surface area contributed by atoms with E-state index in [0.29, 0.717) is 0 Å². The maximum absolute atomic E-state index is 11.5. The highest BCUT2D eigenvalue weighted by atomic mass is 16.8. The number of methoxy groups -OCH3 is 1. The van der Waals surface area contributed by atoms with Gasteiger partial charge in [-0.1, -0.05) is 0 Å². The van der Waals surface area contributed by atoms with Gasteiger partial charge in [0.05, 0.1) is 12.2 Å². The summed E-state index contributed by atoms with van der Waals surface area (Å²) in [6, 6.07) is 0. The van der Waals surface area contributed by atoms with E-state index in [0.717, 1.165) is 0 Å². The molecule has 0 amide bonds. The van der Waals surface area contributed by atoms with Gasteiger partial charge in [-0.05, 0) is 20.8 Å². The maximum Gasteiger partial charge on any atom is 0.508 e. The lowest BCUT2D eigenvalue weighted by Crippen LogP contribution is -2.25. The third-order valence-corrected chi connectivity index (χ3v) is 3.06. The van der Waals surface area contributed by atoms with Gasteiger partial charge in [-0.15, -0.1) is 0 Å². The summed E-state index contributed by atoms with van der Waals surface area (Å²) in [6.07, 6.45) is -6.08. The zero-order chi connectivity index (χ0) is 24.4. The second-order valence-corrected chi connectivity index (χ2v) is 6.15. The summed E-state index contributed by atoms with van der Waals surface area (Å²) < 4.78 is 42.2. The number of aliphatic hydroxyl groups is 1. The number of aliphatic hydroxyl groups excluding tert-OH is 1. The molecule has 186 valence electrons. The SMILES string of the molecule is COC(C)COC(=O)OCCOC(=O)OC(C)COC(=O)OCCOC(=O)OCC(C)O. The average Bonchev–Trinajstić information content (AvgIpc) is 2.74. The van der Waals surface area contributed by atoms with Crippen molar-refractivity contribution < 1.29 is 66.9 Å². The predicted molar refractivity (Wildman–Crippen MR) is 102 cm³/mol. The Kier molecular flexibility index (Phi) is 16.0. The summed E-state index contributed by atoms with van der Waals surface area (Å²) in [5, 5.41) is 8.93. The van der Waals surface area contributed by atoms with Crippen LogP contribution in [0.4, 0.5) is 19.2 Å². The predicted octanol–water partition coefficient (Wildman–Crippen LogP) is 1.40. The van der Waals surface area contributed by atoms with Crippen LogP contribution >= 0.6 is 0 Å². The first kappa shape index (κ1) is 29.0. The molecule has 0 radical (unpaired) electrons. The van der Waals surface area contributed by atoms with Crippen molar-refractivity contribution in [1.82, 2.24) is 0 Å². The third-order valence-electron chi connectivity index (χ3n) is 3.06. The molecular weight excluding hydrogens is 440 g/mol. The smallest absolute Gasteiger partial charge is 0.432 e. The van der Waals surface area contributed by atoms with E-state index in [-0.39, 0.29) is 52.4 Å². The Morgan fingerprint density at radius 2 is 0.969 bits per heavy atom. The number of carbonyl (C=O) groups excluding carboxylic acids is 4. The fourth-order valence-corrected chi connectivity index (χ4v) is 1.48. The van der Waals surface area contributed by atoms with Crippen molar-refractivity contribution in [2.75, 3.05) is 53.4 Å². The van der Waals surface area contributed by atoms with E-state index >= 15 is 0 Å². The largest absolute Gasteiger partial charge is 0.508 e. The lowest BCUT2D eigenvalue weighted by Gasteiger charge is -2.14. The number of ether oxygens (including phenoxy) is 9. The van der Waals surface area contributed by atoms with Gasteiger partial charge in [0.15, 0.2) is 0 Å². The highest BCUT2D eigenvalue weighted by Gasteiger charge is 2.15. The summed E-state index contributed by atoms with van der Waals surface area (Å²) in [5.74, 6) is 0. The molecule has 0 fully saturated rings. The Morgan fingerprint density at radius 1 is 0.594 bits per heavy atom. The molecule has 14 heteroatoms. The second-order valence-electron chi connectivity index (χ2n) is 6.15. The van der Waals surface area contributed by atoms with Crippen LogP contribution in [0.5, 0.6) is 0 Å². The molecule has 0 aromatic carbocycles. The minimum Gasteiger partial charge on any atom is -0.432 e. The Labute approximate surface area is 184 Å². The topological polar surface area (TPSA) is 172 Å². The monoisotopic (exact) mass is 470 g/mol. The van der Waals surface area contributed by atoms with Crippen LogP contribution in [-0.4, -0.2) is 101 Å². The fourth-order valence-electron chi connectivity index (χ4n) is 1.48. The van der Waals surface area contributed by atoms with Crippen molar-refractivity contribution in [2.45, 2.75) is 39.1 Å². The standard InChI is InChI=1S/C18H30O14/c1-12(19)9-29-15(20)25-5-6-26-17(22)31-11-14(3)32-18(23)28-8-7-27-16(21)30-10-13(2)24-4/h12-14,19H,5-11H2,1-4H3. The van der Waals surface area contributed by atoms with Crippen molar-refractivity contribution in [3.05, 3.63) is 0 Å². The molecule has 0 bridgehead atoms. The zero-order valence-electron chi connectivity index (χ0n) is 18.4. The molecule has 0 rings (SSSR count). The molecule has 0 spiro atoms. The lowest BCUT2D eigenvalue weighted by molar-refractivity contribution is -0.0254. The summed E-state index contributed by atoms with van der Waals surface area (Å²) in [6.45, 7) is 2.91. The molecule has 0 aliphatic rings. The van der Waals surface area contributed by atoms with Crippen LogP contribution in [0, 0.1) is 0 Å². The molecule has 0 heterocycles. The van der Waals surface area contributed by atoms with Crippen LogP contribution in [-0.2, 0) is 42.6 Å². The van der Waals surface area contributed by atoms with Gasteiger partial charge in [0.2, 0.25) is 0 Å². The first-order valence-electron chi connectivity index (χ1n) is 9.56. The number of hydrogen-bond acceptors (Lipinski definition) is 14. The fraction of sp³-hybridized carbons (Fsp3) is 0.778. The van der Waals surface area contributed by atoms with Gasteiger partial charge < -0.3 is 47.7 Å². The lowest BCUT2D eigenvalue weighted by atomic mass is 10.4. The van der Waals surface area contributed by atoms with Crippen molar-refractivity contribution in [2.24, 2.45) is 0 Å². The van der Waals surface area contributed by atoms with Gasteiger partial charge in [-0.3, -0.25) is 0 Å². The van der Waals surface area contributed by atoms with E-state index < -0.39 is 36.8 Å². The van der Waals surface area contributed by atoms with E-state index in [1.165, 1.54) is 21.0 Å². The van der Waals surface area contributed by atoms with E-state index in [1.54, 1.807) is 6.92 Å². The zero-order valence-corrected chi connectivity index (χ0v) is 18.4. The van der Waals surface area contributed by atoms with Crippen molar-refractivity contribution >= 4 is 24.6 Å². The van der Waals surface area contributed by atoms with Crippen LogP contribution in [0.15, 0.2) is 0 Å². The number of hydrogen-bond donors (Lipinski definition) is 1. The van der Waals surface area contributed by atoms with Crippen LogP contribution in [0.2, 0.25) is 0 Å². The Morgan fingerprint density at radius 3 is 1.38 bits per heavy atom. The van der Waals surface area contributed by atoms with E-state index in [2.05, 4.69) is 23.7 Å². The highest BCUT2D eigenvalue weighted by Crippen LogP contribution is 1.99. The molecule has 0 aliphatic heterocycles. The van der Waals surface area contributed by atoms with Gasteiger partial charge in [-0.2, -0.15) is 0 Å². The Hall–Kier alpha value is -3.00.